The van der Waals surface area contributed by atoms with Crippen molar-refractivity contribution in [3.63, 3.8) is 0 Å². The van der Waals surface area contributed by atoms with Crippen LogP contribution < -0.4 is 5.32 Å². The molecule has 1 amide bonds. The molecule has 4 rings (SSSR count). The van der Waals surface area contributed by atoms with E-state index in [2.05, 4.69) is 40.4 Å². The molecule has 2 heterocycles. The van der Waals surface area contributed by atoms with Gasteiger partial charge in [-0.15, -0.1) is 0 Å². The zero-order valence-electron chi connectivity index (χ0n) is 16.8. The Morgan fingerprint density at radius 3 is 2.66 bits per heavy atom. The highest BCUT2D eigenvalue weighted by molar-refractivity contribution is 5.92. The second kappa shape index (κ2) is 8.31. The summed E-state index contributed by atoms with van der Waals surface area (Å²) in [6.07, 6.45) is 3.88. The lowest BCUT2D eigenvalue weighted by Gasteiger charge is -2.07. The van der Waals surface area contributed by atoms with Gasteiger partial charge in [0.2, 0.25) is 5.91 Å². The molecule has 2 N–H and O–H groups in total. The highest BCUT2D eigenvalue weighted by Crippen LogP contribution is 2.31. The smallest absolute Gasteiger partial charge is 0.224 e. The third-order valence-corrected chi connectivity index (χ3v) is 5.12. The van der Waals surface area contributed by atoms with Crippen LogP contribution in [0.15, 0.2) is 66.9 Å². The third-order valence-electron chi connectivity index (χ3n) is 5.12. The van der Waals surface area contributed by atoms with Crippen LogP contribution in [0.5, 0.6) is 0 Å². The van der Waals surface area contributed by atoms with Gasteiger partial charge in [-0.1, -0.05) is 29.8 Å². The zero-order valence-corrected chi connectivity index (χ0v) is 16.8. The van der Waals surface area contributed by atoms with Gasteiger partial charge in [0.25, 0.3) is 0 Å². The standard InChI is InChI=1S/C25H25N3O/c1-17-7-5-8-19(15-17)27-24(29)11-6-9-20-21-16-18(2)12-13-22(21)28-25(20)23-10-3-4-14-26-23/h3-5,7-8,10,12-16,28H,6,9,11H2,1-2H3,(H,27,29). The molecule has 0 fully saturated rings. The molecule has 29 heavy (non-hydrogen) atoms. The van der Waals surface area contributed by atoms with Crippen LogP contribution in [0.25, 0.3) is 22.3 Å². The topological polar surface area (TPSA) is 57.8 Å². The molecule has 0 unspecified atom stereocenters. The van der Waals surface area contributed by atoms with Crippen LogP contribution >= 0.6 is 0 Å². The van der Waals surface area contributed by atoms with Crippen molar-refractivity contribution in [2.24, 2.45) is 0 Å². The van der Waals surface area contributed by atoms with E-state index >= 15 is 0 Å². The molecule has 4 heteroatoms. The summed E-state index contributed by atoms with van der Waals surface area (Å²) in [5.41, 5.74) is 7.53. The monoisotopic (exact) mass is 383 g/mol. The number of pyridine rings is 1. The van der Waals surface area contributed by atoms with Gasteiger partial charge in [-0.05, 0) is 74.2 Å². The van der Waals surface area contributed by atoms with Crippen molar-refractivity contribution in [1.82, 2.24) is 9.97 Å². The lowest BCUT2D eigenvalue weighted by atomic mass is 10.0. The molecule has 2 aromatic carbocycles. The number of nitrogens with zero attached hydrogens (tertiary/aromatic N) is 1. The Balaban J connectivity index is 1.52. The molecule has 0 radical (unpaired) electrons. The van der Waals surface area contributed by atoms with Crippen molar-refractivity contribution in [3.05, 3.63) is 83.6 Å². The molecule has 0 aliphatic rings. The van der Waals surface area contributed by atoms with Crippen molar-refractivity contribution in [3.8, 4) is 11.4 Å². The van der Waals surface area contributed by atoms with E-state index in [1.54, 1.807) is 0 Å². The van der Waals surface area contributed by atoms with Crippen molar-refractivity contribution >= 4 is 22.5 Å². The largest absolute Gasteiger partial charge is 0.353 e. The number of anilines is 1. The maximum atomic E-state index is 12.4. The van der Waals surface area contributed by atoms with Crippen LogP contribution in [-0.4, -0.2) is 15.9 Å². The molecule has 0 saturated heterocycles. The Bertz CT molecular complexity index is 1150. The Hall–Kier alpha value is -3.40. The highest BCUT2D eigenvalue weighted by atomic mass is 16.1. The summed E-state index contributed by atoms with van der Waals surface area (Å²) < 4.78 is 0. The number of aryl methyl sites for hydroxylation is 3. The number of aromatic nitrogens is 2. The first-order valence-corrected chi connectivity index (χ1v) is 9.99. The van der Waals surface area contributed by atoms with Crippen molar-refractivity contribution in [2.45, 2.75) is 33.1 Å². The third kappa shape index (κ3) is 4.37. The maximum Gasteiger partial charge on any atom is 0.224 e. The average Bonchev–Trinajstić information content (AvgIpc) is 3.06. The van der Waals surface area contributed by atoms with Gasteiger partial charge in [0, 0.05) is 29.2 Å². The number of nitrogens with one attached hydrogen (secondary N) is 2. The van der Waals surface area contributed by atoms with Gasteiger partial charge in [0.05, 0.1) is 11.4 Å². The Labute approximate surface area is 171 Å². The van der Waals surface area contributed by atoms with Gasteiger partial charge in [0.15, 0.2) is 0 Å². The summed E-state index contributed by atoms with van der Waals surface area (Å²) >= 11 is 0. The molecule has 0 spiro atoms. The molecule has 0 aliphatic carbocycles. The van der Waals surface area contributed by atoms with Crippen LogP contribution in [0.4, 0.5) is 5.69 Å². The second-order valence-electron chi connectivity index (χ2n) is 7.51. The van der Waals surface area contributed by atoms with Crippen LogP contribution in [-0.2, 0) is 11.2 Å². The van der Waals surface area contributed by atoms with Crippen LogP contribution in [0.2, 0.25) is 0 Å². The summed E-state index contributed by atoms with van der Waals surface area (Å²) in [5.74, 6) is 0.0472. The van der Waals surface area contributed by atoms with E-state index in [1.165, 1.54) is 16.5 Å². The molecule has 0 bridgehead atoms. The number of amides is 1. The number of carbonyl (C=O) groups excluding carboxylic acids is 1. The highest BCUT2D eigenvalue weighted by Gasteiger charge is 2.14. The van der Waals surface area contributed by atoms with Crippen LogP contribution in [0, 0.1) is 13.8 Å². The molecule has 2 aromatic heterocycles. The van der Waals surface area contributed by atoms with E-state index < -0.39 is 0 Å². The summed E-state index contributed by atoms with van der Waals surface area (Å²) in [4.78, 5) is 20.4. The molecule has 0 aliphatic heterocycles. The molecule has 4 aromatic rings. The molecule has 4 nitrogen and oxygen atoms in total. The number of fused-ring (bicyclic) bond motifs is 1. The minimum atomic E-state index is 0.0472. The summed E-state index contributed by atoms with van der Waals surface area (Å²) in [6.45, 7) is 4.12. The number of rotatable bonds is 6. The Morgan fingerprint density at radius 1 is 1.00 bits per heavy atom. The SMILES string of the molecule is Cc1cccc(NC(=O)CCCc2c(-c3ccccn3)[nH]c3ccc(C)cc23)c1. The first kappa shape index (κ1) is 18.9. The van der Waals surface area contributed by atoms with Crippen molar-refractivity contribution in [2.75, 3.05) is 5.32 Å². The van der Waals surface area contributed by atoms with E-state index in [9.17, 15) is 4.79 Å². The summed E-state index contributed by atoms with van der Waals surface area (Å²) in [5, 5.41) is 4.21. The number of benzene rings is 2. The molecular weight excluding hydrogens is 358 g/mol. The van der Waals surface area contributed by atoms with E-state index in [4.69, 9.17) is 0 Å². The van der Waals surface area contributed by atoms with Gasteiger partial charge >= 0.3 is 0 Å². The average molecular weight is 383 g/mol. The fourth-order valence-electron chi connectivity index (χ4n) is 3.72. The van der Waals surface area contributed by atoms with Gasteiger partial charge in [-0.25, -0.2) is 0 Å². The minimum Gasteiger partial charge on any atom is -0.353 e. The van der Waals surface area contributed by atoms with Crippen molar-refractivity contribution in [1.29, 1.82) is 0 Å². The number of carbonyl (C=O) groups is 1. The first-order chi connectivity index (χ1) is 14.1. The predicted octanol–water partition coefficient (Wildman–Crippen LogP) is 5.81. The van der Waals surface area contributed by atoms with Gasteiger partial charge < -0.3 is 10.3 Å². The molecule has 0 atom stereocenters. The second-order valence-corrected chi connectivity index (χ2v) is 7.51. The fourth-order valence-corrected chi connectivity index (χ4v) is 3.72. The molecule has 0 saturated carbocycles. The van der Waals surface area contributed by atoms with E-state index in [0.29, 0.717) is 6.42 Å². The van der Waals surface area contributed by atoms with Crippen LogP contribution in [0.1, 0.15) is 29.5 Å². The number of hydrogen-bond donors (Lipinski definition) is 2. The lowest BCUT2D eigenvalue weighted by molar-refractivity contribution is -0.116. The van der Waals surface area contributed by atoms with Gasteiger partial charge in [0.1, 0.15) is 0 Å². The van der Waals surface area contributed by atoms with Gasteiger partial charge in [-0.3, -0.25) is 9.78 Å². The zero-order chi connectivity index (χ0) is 20.2. The van der Waals surface area contributed by atoms with E-state index in [-0.39, 0.29) is 5.91 Å². The van der Waals surface area contributed by atoms with Crippen LogP contribution in [0.3, 0.4) is 0 Å². The van der Waals surface area contributed by atoms with E-state index in [0.717, 1.165) is 41.0 Å². The lowest BCUT2D eigenvalue weighted by Crippen LogP contribution is -2.11. The van der Waals surface area contributed by atoms with Crippen molar-refractivity contribution < 1.29 is 4.79 Å². The normalized spacial score (nSPS) is 11.0. The van der Waals surface area contributed by atoms with E-state index in [1.807, 2.05) is 55.6 Å². The number of H-pyrrole nitrogens is 1. The van der Waals surface area contributed by atoms with Gasteiger partial charge in [-0.2, -0.15) is 0 Å². The first-order valence-electron chi connectivity index (χ1n) is 9.99. The minimum absolute atomic E-state index is 0.0472. The summed E-state index contributed by atoms with van der Waals surface area (Å²) in [6, 6.07) is 20.3. The fraction of sp³-hybridized carbons (Fsp3) is 0.200. The predicted molar refractivity (Wildman–Crippen MR) is 119 cm³/mol. The molecular formula is C25H25N3O. The summed E-state index contributed by atoms with van der Waals surface area (Å²) in [7, 11) is 0. The Morgan fingerprint density at radius 2 is 1.86 bits per heavy atom. The molecule has 146 valence electrons. The quantitative estimate of drug-likeness (QED) is 0.441. The number of aromatic amines is 1. The Kier molecular flexibility index (Phi) is 5.43. The maximum absolute atomic E-state index is 12.4. The number of hydrogen-bond acceptors (Lipinski definition) is 2.